The van der Waals surface area contributed by atoms with E-state index in [1.165, 1.54) is 25.7 Å². The van der Waals surface area contributed by atoms with E-state index in [0.29, 0.717) is 6.04 Å². The molecule has 1 atom stereocenters. The first-order valence-corrected chi connectivity index (χ1v) is 7.93. The van der Waals surface area contributed by atoms with Gasteiger partial charge < -0.3 is 9.88 Å². The van der Waals surface area contributed by atoms with Crippen molar-refractivity contribution in [1.29, 1.82) is 0 Å². The molecule has 1 aliphatic carbocycles. The number of rotatable bonds is 6. The summed E-state index contributed by atoms with van der Waals surface area (Å²) in [6, 6.07) is 0.625. The number of nitrogens with one attached hydrogen (secondary N) is 1. The Hall–Kier alpha value is -0.550. The summed E-state index contributed by atoms with van der Waals surface area (Å²) in [5.74, 6) is 2.94. The Labute approximate surface area is 114 Å². The normalized spacial score (nSPS) is 18.4. The third-order valence-electron chi connectivity index (χ3n) is 3.88. The Balaban J connectivity index is 1.90. The molecular weight excluding hydrogens is 244 g/mol. The first-order chi connectivity index (χ1) is 8.72. The van der Waals surface area contributed by atoms with Crippen molar-refractivity contribution in [3.8, 4) is 0 Å². The number of thioether (sulfide) groups is 1. The Morgan fingerprint density at radius 3 is 2.67 bits per heavy atom. The van der Waals surface area contributed by atoms with E-state index < -0.39 is 0 Å². The van der Waals surface area contributed by atoms with Crippen molar-refractivity contribution in [2.75, 3.05) is 12.3 Å². The number of aromatic nitrogens is 3. The lowest BCUT2D eigenvalue weighted by atomic mass is 10.00. The molecule has 0 aromatic carbocycles. The van der Waals surface area contributed by atoms with Gasteiger partial charge in [0.2, 0.25) is 0 Å². The highest BCUT2D eigenvalue weighted by Gasteiger charge is 2.24. The zero-order valence-corrected chi connectivity index (χ0v) is 12.5. The molecule has 1 aromatic rings. The number of hydrogen-bond acceptors (Lipinski definition) is 4. The Morgan fingerprint density at radius 1 is 1.39 bits per heavy atom. The van der Waals surface area contributed by atoms with Gasteiger partial charge in [-0.05, 0) is 32.2 Å². The number of aryl methyl sites for hydroxylation is 1. The van der Waals surface area contributed by atoms with Gasteiger partial charge in [0.15, 0.2) is 5.16 Å². The van der Waals surface area contributed by atoms with Crippen LogP contribution in [0, 0.1) is 12.8 Å². The predicted octanol–water partition coefficient (Wildman–Crippen LogP) is 2.38. The quantitative estimate of drug-likeness (QED) is 0.805. The summed E-state index contributed by atoms with van der Waals surface area (Å²) < 4.78 is 2.07. The van der Waals surface area contributed by atoms with Crippen LogP contribution >= 0.6 is 11.8 Å². The predicted molar refractivity (Wildman–Crippen MR) is 75.9 cm³/mol. The van der Waals surface area contributed by atoms with Crippen LogP contribution in [0.2, 0.25) is 0 Å². The maximum atomic E-state index is 4.22. The second-order valence-electron chi connectivity index (χ2n) is 5.11. The largest absolute Gasteiger partial charge is 0.313 e. The highest BCUT2D eigenvalue weighted by atomic mass is 32.2. The lowest BCUT2D eigenvalue weighted by molar-refractivity contribution is 0.394. The molecule has 1 heterocycles. The molecule has 0 aliphatic heterocycles. The van der Waals surface area contributed by atoms with E-state index in [4.69, 9.17) is 0 Å². The van der Waals surface area contributed by atoms with E-state index in [-0.39, 0.29) is 0 Å². The highest BCUT2D eigenvalue weighted by molar-refractivity contribution is 7.99. The second-order valence-corrected chi connectivity index (χ2v) is 6.10. The van der Waals surface area contributed by atoms with Crippen LogP contribution in [-0.4, -0.2) is 33.1 Å². The van der Waals surface area contributed by atoms with Crippen LogP contribution in [0.1, 0.15) is 38.4 Å². The van der Waals surface area contributed by atoms with E-state index in [0.717, 1.165) is 29.2 Å². The van der Waals surface area contributed by atoms with Crippen LogP contribution in [-0.2, 0) is 7.05 Å². The van der Waals surface area contributed by atoms with Crippen molar-refractivity contribution in [3.05, 3.63) is 5.82 Å². The van der Waals surface area contributed by atoms with Gasteiger partial charge >= 0.3 is 0 Å². The molecular formula is C13H24N4S. The van der Waals surface area contributed by atoms with E-state index >= 15 is 0 Å². The number of nitrogens with zero attached hydrogens (tertiary/aromatic N) is 3. The third-order valence-corrected chi connectivity index (χ3v) is 5.02. The summed E-state index contributed by atoms with van der Waals surface area (Å²) in [5.41, 5.74) is 0. The maximum Gasteiger partial charge on any atom is 0.190 e. The fourth-order valence-electron chi connectivity index (χ4n) is 2.66. The zero-order valence-electron chi connectivity index (χ0n) is 11.6. The summed E-state index contributed by atoms with van der Waals surface area (Å²) in [6.45, 7) is 5.24. The van der Waals surface area contributed by atoms with Gasteiger partial charge in [-0.2, -0.15) is 0 Å². The van der Waals surface area contributed by atoms with Gasteiger partial charge in [0, 0.05) is 18.8 Å². The van der Waals surface area contributed by atoms with Gasteiger partial charge in [-0.1, -0.05) is 31.5 Å². The van der Waals surface area contributed by atoms with Crippen LogP contribution in [0.3, 0.4) is 0 Å². The van der Waals surface area contributed by atoms with Gasteiger partial charge in [-0.15, -0.1) is 10.2 Å². The van der Waals surface area contributed by atoms with Crippen molar-refractivity contribution in [2.45, 2.75) is 50.7 Å². The standard InChI is InChI=1S/C13H24N4S/c1-4-14-12(11-7-5-6-8-11)9-18-13-16-15-10(2)17(13)3/h11-12,14H,4-9H2,1-3H3. The van der Waals surface area contributed by atoms with Gasteiger partial charge in [0.25, 0.3) is 0 Å². The lowest BCUT2D eigenvalue weighted by Crippen LogP contribution is -2.37. The smallest absolute Gasteiger partial charge is 0.190 e. The van der Waals surface area contributed by atoms with E-state index in [1.807, 2.05) is 25.7 Å². The molecule has 5 heteroatoms. The molecule has 1 saturated carbocycles. The molecule has 4 nitrogen and oxygen atoms in total. The molecule has 0 saturated heterocycles. The van der Waals surface area contributed by atoms with Crippen molar-refractivity contribution in [1.82, 2.24) is 20.1 Å². The minimum atomic E-state index is 0.625. The van der Waals surface area contributed by atoms with E-state index in [1.54, 1.807) is 0 Å². The summed E-state index contributed by atoms with van der Waals surface area (Å²) >= 11 is 1.83. The van der Waals surface area contributed by atoms with Gasteiger partial charge in [-0.25, -0.2) is 0 Å². The molecule has 1 aliphatic rings. The fraction of sp³-hybridized carbons (Fsp3) is 0.846. The SMILES string of the molecule is CCNC(CSc1nnc(C)n1C)C1CCCC1. The monoisotopic (exact) mass is 268 g/mol. The van der Waals surface area contributed by atoms with E-state index in [2.05, 4.69) is 27.0 Å². The molecule has 102 valence electrons. The molecule has 0 amide bonds. The molecule has 18 heavy (non-hydrogen) atoms. The van der Waals surface area contributed by atoms with Crippen LogP contribution in [0.5, 0.6) is 0 Å². The number of hydrogen-bond donors (Lipinski definition) is 1. The minimum absolute atomic E-state index is 0.625. The molecule has 1 aromatic heterocycles. The maximum absolute atomic E-state index is 4.22. The van der Waals surface area contributed by atoms with Gasteiger partial charge in [-0.3, -0.25) is 0 Å². The van der Waals surface area contributed by atoms with Crippen LogP contribution in [0.25, 0.3) is 0 Å². The first kappa shape index (κ1) is 13.9. The molecule has 1 unspecified atom stereocenters. The summed E-state index contributed by atoms with van der Waals surface area (Å²) in [5, 5.41) is 13.0. The van der Waals surface area contributed by atoms with Crippen molar-refractivity contribution < 1.29 is 0 Å². The topological polar surface area (TPSA) is 42.7 Å². The Kier molecular flexibility index (Phi) is 5.06. The van der Waals surface area contributed by atoms with Crippen LogP contribution < -0.4 is 5.32 Å². The molecule has 1 N–H and O–H groups in total. The third kappa shape index (κ3) is 3.26. The second kappa shape index (κ2) is 6.57. The van der Waals surface area contributed by atoms with E-state index in [9.17, 15) is 0 Å². The van der Waals surface area contributed by atoms with Crippen molar-refractivity contribution >= 4 is 11.8 Å². The van der Waals surface area contributed by atoms with Crippen molar-refractivity contribution in [3.63, 3.8) is 0 Å². The summed E-state index contributed by atoms with van der Waals surface area (Å²) in [6.07, 6.45) is 5.58. The van der Waals surface area contributed by atoms with Crippen molar-refractivity contribution in [2.24, 2.45) is 13.0 Å². The average Bonchev–Trinajstić information content (AvgIpc) is 2.98. The fourth-order valence-corrected chi connectivity index (χ4v) is 3.80. The Bertz CT molecular complexity index is 371. The first-order valence-electron chi connectivity index (χ1n) is 6.94. The minimum Gasteiger partial charge on any atom is -0.313 e. The molecule has 0 radical (unpaired) electrons. The zero-order chi connectivity index (χ0) is 13.0. The van der Waals surface area contributed by atoms with Crippen LogP contribution in [0.15, 0.2) is 5.16 Å². The van der Waals surface area contributed by atoms with Gasteiger partial charge in [0.05, 0.1) is 0 Å². The molecule has 0 bridgehead atoms. The summed E-state index contributed by atoms with van der Waals surface area (Å²) in [7, 11) is 2.04. The highest BCUT2D eigenvalue weighted by Crippen LogP contribution is 2.30. The van der Waals surface area contributed by atoms with Crippen LogP contribution in [0.4, 0.5) is 0 Å². The summed E-state index contributed by atoms with van der Waals surface area (Å²) in [4.78, 5) is 0. The lowest BCUT2D eigenvalue weighted by Gasteiger charge is -2.23. The van der Waals surface area contributed by atoms with Gasteiger partial charge in [0.1, 0.15) is 5.82 Å². The molecule has 1 fully saturated rings. The molecule has 0 spiro atoms. The molecule has 2 rings (SSSR count). The Morgan fingerprint density at radius 2 is 2.11 bits per heavy atom. The average molecular weight is 268 g/mol.